The van der Waals surface area contributed by atoms with Crippen molar-refractivity contribution in [3.63, 3.8) is 0 Å². The molecule has 34 heavy (non-hydrogen) atoms. The average molecular weight is 479 g/mol. The standard InChI is InChI=1S/C25H19F6NO2/c1-2-3-4-5-14-6-8-15(9-7-14)22-21(33)12-20(28)23(24(22)29)25(30,31)34-16-10-18(26)17(13-32)19(27)11-16/h6-12,33H,2-5H2,1H3. The van der Waals surface area contributed by atoms with Gasteiger partial charge < -0.3 is 9.84 Å². The van der Waals surface area contributed by atoms with E-state index in [4.69, 9.17) is 5.26 Å². The summed E-state index contributed by atoms with van der Waals surface area (Å²) in [6.45, 7) is 2.05. The molecule has 0 saturated heterocycles. The summed E-state index contributed by atoms with van der Waals surface area (Å²) in [6, 6.07) is 8.21. The number of benzene rings is 3. The number of phenols is 1. The molecule has 0 radical (unpaired) electrons. The van der Waals surface area contributed by atoms with Gasteiger partial charge in [0.25, 0.3) is 0 Å². The van der Waals surface area contributed by atoms with Gasteiger partial charge in [0, 0.05) is 18.2 Å². The number of rotatable bonds is 8. The van der Waals surface area contributed by atoms with Gasteiger partial charge in [-0.2, -0.15) is 14.0 Å². The molecule has 3 aromatic rings. The first-order valence-corrected chi connectivity index (χ1v) is 10.4. The number of alkyl halides is 2. The zero-order valence-electron chi connectivity index (χ0n) is 17.9. The van der Waals surface area contributed by atoms with E-state index >= 15 is 4.39 Å². The Hall–Kier alpha value is -3.67. The van der Waals surface area contributed by atoms with Crippen molar-refractivity contribution in [1.29, 1.82) is 5.26 Å². The zero-order valence-corrected chi connectivity index (χ0v) is 17.9. The molecule has 0 bridgehead atoms. The van der Waals surface area contributed by atoms with Gasteiger partial charge in [0.2, 0.25) is 0 Å². The Balaban J connectivity index is 2.00. The van der Waals surface area contributed by atoms with E-state index in [2.05, 4.69) is 11.7 Å². The lowest BCUT2D eigenvalue weighted by Gasteiger charge is -2.21. The molecule has 1 N–H and O–H groups in total. The van der Waals surface area contributed by atoms with E-state index < -0.39 is 57.6 Å². The number of aryl methyl sites for hydroxylation is 1. The topological polar surface area (TPSA) is 53.2 Å². The normalized spacial score (nSPS) is 11.4. The van der Waals surface area contributed by atoms with Gasteiger partial charge in [-0.1, -0.05) is 44.0 Å². The molecule has 0 aliphatic carbocycles. The van der Waals surface area contributed by atoms with Gasteiger partial charge in [-0.15, -0.1) is 0 Å². The smallest absolute Gasteiger partial charge is 0.432 e. The van der Waals surface area contributed by atoms with Crippen LogP contribution < -0.4 is 4.74 Å². The van der Waals surface area contributed by atoms with Crippen LogP contribution in [0.4, 0.5) is 26.3 Å². The third kappa shape index (κ3) is 5.11. The molecule has 0 saturated carbocycles. The maximum Gasteiger partial charge on any atom is 0.432 e. The predicted octanol–water partition coefficient (Wildman–Crippen LogP) is 7.35. The molecule has 0 heterocycles. The van der Waals surface area contributed by atoms with Crippen molar-refractivity contribution in [3.8, 4) is 28.7 Å². The highest BCUT2D eigenvalue weighted by Crippen LogP contribution is 2.42. The molecular weight excluding hydrogens is 460 g/mol. The first kappa shape index (κ1) is 25.0. The molecule has 3 aromatic carbocycles. The van der Waals surface area contributed by atoms with Gasteiger partial charge in [-0.25, -0.2) is 17.6 Å². The second-order valence-electron chi connectivity index (χ2n) is 7.59. The third-order valence-electron chi connectivity index (χ3n) is 5.17. The predicted molar refractivity (Wildman–Crippen MR) is 112 cm³/mol. The first-order chi connectivity index (χ1) is 16.1. The average Bonchev–Trinajstić information content (AvgIpc) is 2.74. The van der Waals surface area contributed by atoms with Crippen molar-refractivity contribution < 1.29 is 36.2 Å². The summed E-state index contributed by atoms with van der Waals surface area (Å²) in [5, 5.41) is 18.8. The summed E-state index contributed by atoms with van der Waals surface area (Å²) in [5.41, 5.74) is -2.63. The number of hydrogen-bond donors (Lipinski definition) is 1. The highest BCUT2D eigenvalue weighted by molar-refractivity contribution is 5.72. The summed E-state index contributed by atoms with van der Waals surface area (Å²) in [4.78, 5) is 0. The summed E-state index contributed by atoms with van der Waals surface area (Å²) >= 11 is 0. The zero-order chi connectivity index (χ0) is 25.0. The van der Waals surface area contributed by atoms with Crippen LogP contribution in [0.25, 0.3) is 11.1 Å². The quantitative estimate of drug-likeness (QED) is 0.272. The van der Waals surface area contributed by atoms with Gasteiger partial charge in [0.15, 0.2) is 5.82 Å². The van der Waals surface area contributed by atoms with E-state index in [1.54, 1.807) is 12.1 Å². The van der Waals surface area contributed by atoms with Crippen LogP contribution in [-0.4, -0.2) is 5.11 Å². The largest absolute Gasteiger partial charge is 0.507 e. The number of hydrogen-bond acceptors (Lipinski definition) is 3. The van der Waals surface area contributed by atoms with E-state index in [1.807, 2.05) is 0 Å². The van der Waals surface area contributed by atoms with E-state index in [-0.39, 0.29) is 5.56 Å². The van der Waals surface area contributed by atoms with E-state index in [0.29, 0.717) is 18.2 Å². The molecule has 3 nitrogen and oxygen atoms in total. The third-order valence-corrected chi connectivity index (χ3v) is 5.17. The van der Waals surface area contributed by atoms with Crippen molar-refractivity contribution in [2.45, 2.75) is 38.7 Å². The lowest BCUT2D eigenvalue weighted by atomic mass is 9.97. The van der Waals surface area contributed by atoms with Crippen molar-refractivity contribution in [2.24, 2.45) is 0 Å². The lowest BCUT2D eigenvalue weighted by Crippen LogP contribution is -2.25. The molecule has 0 spiro atoms. The van der Waals surface area contributed by atoms with Crippen molar-refractivity contribution in [2.75, 3.05) is 0 Å². The van der Waals surface area contributed by atoms with Gasteiger partial charge >= 0.3 is 6.11 Å². The first-order valence-electron chi connectivity index (χ1n) is 10.4. The molecule has 9 heteroatoms. The summed E-state index contributed by atoms with van der Waals surface area (Å²) in [7, 11) is 0. The van der Waals surface area contributed by atoms with Crippen LogP contribution in [0.5, 0.6) is 11.5 Å². The number of nitrogens with zero attached hydrogens (tertiary/aromatic N) is 1. The van der Waals surface area contributed by atoms with Crippen LogP contribution in [-0.2, 0) is 12.5 Å². The monoisotopic (exact) mass is 479 g/mol. The minimum absolute atomic E-state index is 0.0155. The highest BCUT2D eigenvalue weighted by atomic mass is 19.3. The van der Waals surface area contributed by atoms with Crippen molar-refractivity contribution >= 4 is 0 Å². The van der Waals surface area contributed by atoms with Crippen molar-refractivity contribution in [3.05, 3.63) is 82.4 Å². The molecule has 0 atom stereocenters. The number of aromatic hydroxyl groups is 1. The Bertz CT molecular complexity index is 1210. The minimum Gasteiger partial charge on any atom is -0.507 e. The molecule has 0 amide bonds. The summed E-state index contributed by atoms with van der Waals surface area (Å²) < 4.78 is 90.8. The van der Waals surface area contributed by atoms with E-state index in [0.717, 1.165) is 31.2 Å². The number of phenolic OH excluding ortho intramolecular Hbond substituents is 1. The Kier molecular flexibility index (Phi) is 7.40. The van der Waals surface area contributed by atoms with Gasteiger partial charge in [0.05, 0.1) is 5.56 Å². The molecule has 0 aromatic heterocycles. The van der Waals surface area contributed by atoms with E-state index in [1.165, 1.54) is 18.2 Å². The van der Waals surface area contributed by atoms with Crippen molar-refractivity contribution in [1.82, 2.24) is 0 Å². The van der Waals surface area contributed by atoms with Crippen LogP contribution in [0.15, 0.2) is 42.5 Å². The Morgan fingerprint density at radius 3 is 2.12 bits per heavy atom. The van der Waals surface area contributed by atoms with Gasteiger partial charge in [-0.05, 0) is 24.0 Å². The maximum atomic E-state index is 15.2. The van der Waals surface area contributed by atoms with Crippen LogP contribution in [0.1, 0.15) is 42.9 Å². The Morgan fingerprint density at radius 2 is 1.56 bits per heavy atom. The van der Waals surface area contributed by atoms with Crippen LogP contribution in [0.3, 0.4) is 0 Å². The minimum atomic E-state index is -4.72. The highest BCUT2D eigenvalue weighted by Gasteiger charge is 2.43. The molecular formula is C25H19F6NO2. The SMILES string of the molecule is CCCCCc1ccc(-c2c(O)cc(F)c(C(F)(F)Oc3cc(F)c(C#N)c(F)c3)c2F)cc1. The molecule has 0 unspecified atom stereocenters. The summed E-state index contributed by atoms with van der Waals surface area (Å²) in [6.07, 6.45) is -1.00. The number of ether oxygens (including phenoxy) is 1. The van der Waals surface area contributed by atoms with E-state index in [9.17, 15) is 27.1 Å². The second-order valence-corrected chi connectivity index (χ2v) is 7.59. The molecule has 0 fully saturated rings. The number of halogens is 6. The molecule has 178 valence electrons. The number of nitriles is 1. The van der Waals surface area contributed by atoms with Crippen LogP contribution >= 0.6 is 0 Å². The van der Waals surface area contributed by atoms with Crippen LogP contribution in [0, 0.1) is 34.6 Å². The Morgan fingerprint density at radius 1 is 0.941 bits per heavy atom. The fraction of sp³-hybridized carbons (Fsp3) is 0.240. The molecule has 3 rings (SSSR count). The molecule has 0 aliphatic heterocycles. The molecule has 0 aliphatic rings. The second kappa shape index (κ2) is 10.1. The van der Waals surface area contributed by atoms with Gasteiger partial charge in [0.1, 0.15) is 46.1 Å². The fourth-order valence-corrected chi connectivity index (χ4v) is 3.48. The summed E-state index contributed by atoms with van der Waals surface area (Å²) in [5.74, 6) is -8.60. The van der Waals surface area contributed by atoms with Crippen LogP contribution in [0.2, 0.25) is 0 Å². The van der Waals surface area contributed by atoms with Gasteiger partial charge in [-0.3, -0.25) is 0 Å². The maximum absolute atomic E-state index is 15.2. The number of unbranched alkanes of at least 4 members (excludes halogenated alkanes) is 2. The Labute approximate surface area is 191 Å². The fourth-order valence-electron chi connectivity index (χ4n) is 3.48. The lowest BCUT2D eigenvalue weighted by molar-refractivity contribution is -0.189.